The molecular weight excluding hydrogens is 501 g/mol. The van der Waals surface area contributed by atoms with E-state index in [0.717, 1.165) is 43.3 Å². The summed E-state index contributed by atoms with van der Waals surface area (Å²) in [6.45, 7) is 7.24. The van der Waals surface area contributed by atoms with E-state index in [1.165, 1.54) is 16.7 Å². The van der Waals surface area contributed by atoms with Gasteiger partial charge in [-0.15, -0.1) is 24.0 Å². The van der Waals surface area contributed by atoms with Gasteiger partial charge in [-0.25, -0.2) is 9.98 Å². The van der Waals surface area contributed by atoms with Crippen LogP contribution in [-0.2, 0) is 19.5 Å². The van der Waals surface area contributed by atoms with Gasteiger partial charge in [-0.05, 0) is 48.6 Å². The number of nitrogens with zero attached hydrogens (tertiary/aromatic N) is 3. The number of aryl methyl sites for hydroxylation is 1. The Labute approximate surface area is 202 Å². The topological polar surface area (TPSA) is 63.5 Å². The van der Waals surface area contributed by atoms with Crippen molar-refractivity contribution in [3.05, 3.63) is 83.4 Å². The van der Waals surface area contributed by atoms with Gasteiger partial charge >= 0.3 is 0 Å². The standard InChI is InChI=1S/C24H31N5O.HI/c1-4-26-24(27-12-11-20-6-5-19(2)23(15-20)30-3)28-16-21-7-9-22(10-8-21)17-29-14-13-25-18-29;/h5-10,13-15,18H,4,11-12,16-17H2,1-3H3,(H2,26,27,28);1H. The van der Waals surface area contributed by atoms with Crippen LogP contribution >= 0.6 is 24.0 Å². The molecule has 0 aliphatic rings. The molecule has 0 saturated heterocycles. The van der Waals surface area contributed by atoms with Crippen LogP contribution in [0.5, 0.6) is 5.75 Å². The first-order valence-electron chi connectivity index (χ1n) is 10.4. The number of halogens is 1. The van der Waals surface area contributed by atoms with Crippen LogP contribution in [0, 0.1) is 6.92 Å². The molecule has 0 radical (unpaired) electrons. The summed E-state index contributed by atoms with van der Waals surface area (Å²) in [5.41, 5.74) is 4.83. The van der Waals surface area contributed by atoms with Gasteiger partial charge in [0.25, 0.3) is 0 Å². The summed E-state index contributed by atoms with van der Waals surface area (Å²) in [5, 5.41) is 6.74. The van der Waals surface area contributed by atoms with Crippen molar-refractivity contribution in [2.24, 2.45) is 4.99 Å². The van der Waals surface area contributed by atoms with Gasteiger partial charge in [-0.2, -0.15) is 0 Å². The zero-order valence-electron chi connectivity index (χ0n) is 18.5. The molecule has 7 heteroatoms. The maximum absolute atomic E-state index is 5.42. The third kappa shape index (κ3) is 7.90. The average molecular weight is 533 g/mol. The molecule has 0 aliphatic carbocycles. The fraction of sp³-hybridized carbons (Fsp3) is 0.333. The quantitative estimate of drug-likeness (QED) is 0.246. The molecule has 3 aromatic rings. The predicted molar refractivity (Wildman–Crippen MR) is 137 cm³/mol. The number of aliphatic imine (C=N–C) groups is 1. The SMILES string of the molecule is CCNC(=NCc1ccc(Cn2ccnc2)cc1)NCCc1ccc(C)c(OC)c1.I. The van der Waals surface area contributed by atoms with E-state index < -0.39 is 0 Å². The van der Waals surface area contributed by atoms with Gasteiger partial charge < -0.3 is 19.9 Å². The molecule has 0 spiro atoms. The van der Waals surface area contributed by atoms with Crippen LogP contribution in [0.1, 0.15) is 29.2 Å². The number of ether oxygens (including phenoxy) is 1. The summed E-state index contributed by atoms with van der Waals surface area (Å²) < 4.78 is 7.48. The number of nitrogens with one attached hydrogen (secondary N) is 2. The highest BCUT2D eigenvalue weighted by Crippen LogP contribution is 2.19. The lowest BCUT2D eigenvalue weighted by Gasteiger charge is -2.12. The van der Waals surface area contributed by atoms with Crippen LogP contribution in [0.3, 0.4) is 0 Å². The smallest absolute Gasteiger partial charge is 0.191 e. The van der Waals surface area contributed by atoms with Gasteiger partial charge in [0.05, 0.1) is 20.0 Å². The molecule has 2 aromatic carbocycles. The second-order valence-corrected chi connectivity index (χ2v) is 7.23. The Kier molecular flexibility index (Phi) is 10.4. The molecule has 0 atom stereocenters. The Morgan fingerprint density at radius 1 is 1.06 bits per heavy atom. The van der Waals surface area contributed by atoms with Crippen LogP contribution in [0.2, 0.25) is 0 Å². The van der Waals surface area contributed by atoms with E-state index in [2.05, 4.69) is 76.5 Å². The number of benzene rings is 2. The average Bonchev–Trinajstić information content (AvgIpc) is 3.27. The number of aromatic nitrogens is 2. The second kappa shape index (κ2) is 13.0. The zero-order valence-corrected chi connectivity index (χ0v) is 20.8. The number of guanidine groups is 1. The van der Waals surface area contributed by atoms with Crippen molar-refractivity contribution in [3.63, 3.8) is 0 Å². The number of methoxy groups -OCH3 is 1. The van der Waals surface area contributed by atoms with Crippen molar-refractivity contribution in [1.82, 2.24) is 20.2 Å². The van der Waals surface area contributed by atoms with Crippen molar-refractivity contribution >= 4 is 29.9 Å². The Hall–Kier alpha value is -2.55. The summed E-state index contributed by atoms with van der Waals surface area (Å²) in [4.78, 5) is 8.81. The Balaban J connectivity index is 0.00000341. The lowest BCUT2D eigenvalue weighted by Crippen LogP contribution is -2.38. The van der Waals surface area contributed by atoms with Crippen LogP contribution in [0.25, 0.3) is 0 Å². The molecule has 1 aromatic heterocycles. The third-order valence-electron chi connectivity index (χ3n) is 4.89. The minimum atomic E-state index is 0. The highest BCUT2D eigenvalue weighted by molar-refractivity contribution is 14.0. The van der Waals surface area contributed by atoms with Crippen LogP contribution in [0.4, 0.5) is 0 Å². The van der Waals surface area contributed by atoms with Crippen molar-refractivity contribution in [3.8, 4) is 5.75 Å². The monoisotopic (exact) mass is 533 g/mol. The Bertz CT molecular complexity index is 939. The van der Waals surface area contributed by atoms with Crippen molar-refractivity contribution < 1.29 is 4.74 Å². The first kappa shape index (κ1) is 24.7. The molecule has 0 aliphatic heterocycles. The molecule has 6 nitrogen and oxygen atoms in total. The Morgan fingerprint density at radius 3 is 2.48 bits per heavy atom. The first-order chi connectivity index (χ1) is 14.7. The summed E-state index contributed by atoms with van der Waals surface area (Å²) in [6.07, 6.45) is 6.51. The fourth-order valence-corrected chi connectivity index (χ4v) is 3.20. The minimum Gasteiger partial charge on any atom is -0.496 e. The molecule has 1 heterocycles. The number of hydrogen-bond acceptors (Lipinski definition) is 3. The molecule has 0 unspecified atom stereocenters. The van der Waals surface area contributed by atoms with Gasteiger partial charge in [0.15, 0.2) is 5.96 Å². The molecule has 0 bridgehead atoms. The maximum Gasteiger partial charge on any atom is 0.191 e. The second-order valence-electron chi connectivity index (χ2n) is 7.23. The number of imidazole rings is 1. The van der Waals surface area contributed by atoms with Crippen LogP contribution in [-0.4, -0.2) is 35.7 Å². The van der Waals surface area contributed by atoms with Crippen molar-refractivity contribution in [1.29, 1.82) is 0 Å². The molecule has 31 heavy (non-hydrogen) atoms. The molecule has 0 amide bonds. The molecule has 3 rings (SSSR count). The number of hydrogen-bond donors (Lipinski definition) is 2. The van der Waals surface area contributed by atoms with Crippen molar-refractivity contribution in [2.45, 2.75) is 33.4 Å². The van der Waals surface area contributed by atoms with Gasteiger partial charge in [0.1, 0.15) is 5.75 Å². The van der Waals surface area contributed by atoms with Gasteiger partial charge in [-0.3, -0.25) is 0 Å². The highest BCUT2D eigenvalue weighted by Gasteiger charge is 2.02. The summed E-state index contributed by atoms with van der Waals surface area (Å²) in [7, 11) is 1.71. The van der Waals surface area contributed by atoms with E-state index in [4.69, 9.17) is 9.73 Å². The van der Waals surface area contributed by atoms with E-state index in [-0.39, 0.29) is 24.0 Å². The van der Waals surface area contributed by atoms with E-state index >= 15 is 0 Å². The first-order valence-corrected chi connectivity index (χ1v) is 10.4. The summed E-state index contributed by atoms with van der Waals surface area (Å²) in [6, 6.07) is 14.9. The molecular formula is C24H32IN5O. The zero-order chi connectivity index (χ0) is 21.2. The number of rotatable bonds is 9. The largest absolute Gasteiger partial charge is 0.496 e. The van der Waals surface area contributed by atoms with Gasteiger partial charge in [-0.1, -0.05) is 36.4 Å². The van der Waals surface area contributed by atoms with Crippen LogP contribution in [0.15, 0.2) is 66.2 Å². The summed E-state index contributed by atoms with van der Waals surface area (Å²) >= 11 is 0. The van der Waals surface area contributed by atoms with Crippen molar-refractivity contribution in [2.75, 3.05) is 20.2 Å². The minimum absolute atomic E-state index is 0. The third-order valence-corrected chi connectivity index (χ3v) is 4.89. The lowest BCUT2D eigenvalue weighted by atomic mass is 10.1. The predicted octanol–water partition coefficient (Wildman–Crippen LogP) is 4.16. The summed E-state index contributed by atoms with van der Waals surface area (Å²) in [5.74, 6) is 1.77. The normalized spacial score (nSPS) is 11.0. The molecule has 2 N–H and O–H groups in total. The van der Waals surface area contributed by atoms with Gasteiger partial charge in [0, 0.05) is 32.0 Å². The molecule has 166 valence electrons. The van der Waals surface area contributed by atoms with E-state index in [1.54, 1.807) is 13.3 Å². The van der Waals surface area contributed by atoms with Crippen LogP contribution < -0.4 is 15.4 Å². The fourth-order valence-electron chi connectivity index (χ4n) is 3.20. The van der Waals surface area contributed by atoms with Gasteiger partial charge in [0.2, 0.25) is 0 Å². The van der Waals surface area contributed by atoms with E-state index in [1.807, 2.05) is 12.5 Å². The molecule has 0 saturated carbocycles. The lowest BCUT2D eigenvalue weighted by molar-refractivity contribution is 0.411. The highest BCUT2D eigenvalue weighted by atomic mass is 127. The maximum atomic E-state index is 5.42. The van der Waals surface area contributed by atoms with E-state index in [9.17, 15) is 0 Å². The Morgan fingerprint density at radius 2 is 1.81 bits per heavy atom. The molecule has 0 fully saturated rings. The van der Waals surface area contributed by atoms with E-state index in [0.29, 0.717) is 6.54 Å².